The summed E-state index contributed by atoms with van der Waals surface area (Å²) >= 11 is 0. The SMILES string of the molecule is CCC1CCC(C(N)CC2CCC2)CC1. The van der Waals surface area contributed by atoms with E-state index >= 15 is 0 Å². The van der Waals surface area contributed by atoms with Crippen molar-refractivity contribution in [2.75, 3.05) is 0 Å². The van der Waals surface area contributed by atoms with Crippen molar-refractivity contribution in [3.63, 3.8) is 0 Å². The van der Waals surface area contributed by atoms with Crippen LogP contribution in [0.25, 0.3) is 0 Å². The van der Waals surface area contributed by atoms with Gasteiger partial charge in [0, 0.05) is 6.04 Å². The van der Waals surface area contributed by atoms with Crippen LogP contribution in [0.1, 0.15) is 64.7 Å². The van der Waals surface area contributed by atoms with Gasteiger partial charge in [0.2, 0.25) is 0 Å². The van der Waals surface area contributed by atoms with Crippen molar-refractivity contribution < 1.29 is 0 Å². The molecule has 2 aliphatic rings. The Balaban J connectivity index is 1.69. The minimum atomic E-state index is 0.521. The molecule has 0 radical (unpaired) electrons. The average molecular weight is 209 g/mol. The lowest BCUT2D eigenvalue weighted by molar-refractivity contribution is 0.193. The van der Waals surface area contributed by atoms with E-state index in [2.05, 4.69) is 6.92 Å². The first-order valence-corrected chi connectivity index (χ1v) is 7.05. The summed E-state index contributed by atoms with van der Waals surface area (Å²) < 4.78 is 0. The number of hydrogen-bond donors (Lipinski definition) is 1. The summed E-state index contributed by atoms with van der Waals surface area (Å²) in [5.74, 6) is 2.86. The predicted octanol–water partition coefficient (Wildman–Crippen LogP) is 3.72. The van der Waals surface area contributed by atoms with Crippen LogP contribution in [-0.2, 0) is 0 Å². The third kappa shape index (κ3) is 2.96. The molecule has 0 aromatic heterocycles. The summed E-state index contributed by atoms with van der Waals surface area (Å²) in [5, 5.41) is 0. The maximum absolute atomic E-state index is 6.35. The van der Waals surface area contributed by atoms with Crippen LogP contribution in [0, 0.1) is 17.8 Å². The van der Waals surface area contributed by atoms with E-state index in [0.717, 1.165) is 17.8 Å². The summed E-state index contributed by atoms with van der Waals surface area (Å²) in [4.78, 5) is 0. The minimum absolute atomic E-state index is 0.521. The standard InChI is InChI=1S/C14H27N/c1-2-11-6-8-13(9-7-11)14(15)10-12-4-3-5-12/h11-14H,2-10,15H2,1H3. The molecule has 0 spiro atoms. The van der Waals surface area contributed by atoms with Crippen molar-refractivity contribution in [3.8, 4) is 0 Å². The Bertz CT molecular complexity index is 178. The molecule has 1 unspecified atom stereocenters. The predicted molar refractivity (Wildman–Crippen MR) is 65.7 cm³/mol. The van der Waals surface area contributed by atoms with Gasteiger partial charge in [-0.2, -0.15) is 0 Å². The molecule has 2 fully saturated rings. The quantitative estimate of drug-likeness (QED) is 0.750. The second kappa shape index (κ2) is 5.34. The van der Waals surface area contributed by atoms with Gasteiger partial charge >= 0.3 is 0 Å². The Hall–Kier alpha value is -0.0400. The fraction of sp³-hybridized carbons (Fsp3) is 1.00. The van der Waals surface area contributed by atoms with Crippen LogP contribution >= 0.6 is 0 Å². The zero-order valence-electron chi connectivity index (χ0n) is 10.3. The smallest absolute Gasteiger partial charge is 0.00698 e. The molecular formula is C14H27N. The Labute approximate surface area is 94.8 Å². The highest BCUT2D eigenvalue weighted by Crippen LogP contribution is 2.36. The van der Waals surface area contributed by atoms with Gasteiger partial charge in [-0.1, -0.05) is 45.4 Å². The van der Waals surface area contributed by atoms with Crippen LogP contribution in [-0.4, -0.2) is 6.04 Å². The highest BCUT2D eigenvalue weighted by atomic mass is 14.7. The molecule has 1 heteroatoms. The lowest BCUT2D eigenvalue weighted by Gasteiger charge is -2.35. The summed E-state index contributed by atoms with van der Waals surface area (Å²) in [7, 11) is 0. The number of hydrogen-bond acceptors (Lipinski definition) is 1. The van der Waals surface area contributed by atoms with Crippen molar-refractivity contribution in [2.24, 2.45) is 23.5 Å². The van der Waals surface area contributed by atoms with Gasteiger partial charge in [0.05, 0.1) is 0 Å². The maximum Gasteiger partial charge on any atom is 0.00698 e. The van der Waals surface area contributed by atoms with Crippen LogP contribution in [0.15, 0.2) is 0 Å². The Morgan fingerprint density at radius 3 is 2.13 bits per heavy atom. The zero-order valence-corrected chi connectivity index (χ0v) is 10.3. The van der Waals surface area contributed by atoms with E-state index in [1.165, 1.54) is 57.8 Å². The van der Waals surface area contributed by atoms with Gasteiger partial charge in [0.15, 0.2) is 0 Å². The molecule has 1 atom stereocenters. The molecule has 0 heterocycles. The summed E-state index contributed by atoms with van der Waals surface area (Å²) in [5.41, 5.74) is 6.35. The molecule has 2 saturated carbocycles. The van der Waals surface area contributed by atoms with E-state index in [-0.39, 0.29) is 0 Å². The van der Waals surface area contributed by atoms with Gasteiger partial charge in [0.25, 0.3) is 0 Å². The molecule has 1 nitrogen and oxygen atoms in total. The van der Waals surface area contributed by atoms with E-state index < -0.39 is 0 Å². The summed E-state index contributed by atoms with van der Waals surface area (Å²) in [6.07, 6.45) is 12.8. The second-order valence-corrected chi connectivity index (χ2v) is 5.89. The zero-order chi connectivity index (χ0) is 10.7. The highest BCUT2D eigenvalue weighted by Gasteiger charge is 2.28. The molecule has 2 N–H and O–H groups in total. The van der Waals surface area contributed by atoms with Gasteiger partial charge in [0.1, 0.15) is 0 Å². The Kier molecular flexibility index (Phi) is 4.07. The molecule has 2 aliphatic carbocycles. The Morgan fingerprint density at radius 1 is 1.00 bits per heavy atom. The number of nitrogens with two attached hydrogens (primary N) is 1. The van der Waals surface area contributed by atoms with Gasteiger partial charge < -0.3 is 5.73 Å². The fourth-order valence-corrected chi connectivity index (χ4v) is 3.33. The molecule has 0 bridgehead atoms. The summed E-state index contributed by atoms with van der Waals surface area (Å²) in [6.45, 7) is 2.33. The third-order valence-corrected chi connectivity index (χ3v) is 4.90. The molecule has 0 aromatic carbocycles. The first kappa shape index (κ1) is 11.4. The van der Waals surface area contributed by atoms with Crippen molar-refractivity contribution in [3.05, 3.63) is 0 Å². The van der Waals surface area contributed by atoms with Gasteiger partial charge in [-0.25, -0.2) is 0 Å². The normalized spacial score (nSPS) is 34.8. The van der Waals surface area contributed by atoms with Crippen molar-refractivity contribution in [2.45, 2.75) is 70.8 Å². The van der Waals surface area contributed by atoms with Crippen LogP contribution in [0.5, 0.6) is 0 Å². The van der Waals surface area contributed by atoms with Crippen LogP contribution in [0.4, 0.5) is 0 Å². The van der Waals surface area contributed by atoms with Gasteiger partial charge in [-0.15, -0.1) is 0 Å². The number of rotatable bonds is 4. The second-order valence-electron chi connectivity index (χ2n) is 5.89. The average Bonchev–Trinajstić information content (AvgIpc) is 2.23. The highest BCUT2D eigenvalue weighted by molar-refractivity contribution is 4.83. The van der Waals surface area contributed by atoms with E-state index in [0.29, 0.717) is 6.04 Å². The molecule has 0 saturated heterocycles. The summed E-state index contributed by atoms with van der Waals surface area (Å²) in [6, 6.07) is 0.521. The molecule has 0 amide bonds. The monoisotopic (exact) mass is 209 g/mol. The van der Waals surface area contributed by atoms with Crippen molar-refractivity contribution in [1.82, 2.24) is 0 Å². The topological polar surface area (TPSA) is 26.0 Å². The first-order valence-electron chi connectivity index (χ1n) is 7.05. The van der Waals surface area contributed by atoms with Crippen molar-refractivity contribution >= 4 is 0 Å². The van der Waals surface area contributed by atoms with Crippen molar-refractivity contribution in [1.29, 1.82) is 0 Å². The minimum Gasteiger partial charge on any atom is -0.327 e. The molecular weight excluding hydrogens is 182 g/mol. The molecule has 0 aromatic rings. The largest absolute Gasteiger partial charge is 0.327 e. The lowest BCUT2D eigenvalue weighted by Crippen LogP contribution is -2.36. The van der Waals surface area contributed by atoms with Gasteiger partial charge in [-0.05, 0) is 37.0 Å². The van der Waals surface area contributed by atoms with Crippen LogP contribution < -0.4 is 5.73 Å². The maximum atomic E-state index is 6.35. The van der Waals surface area contributed by atoms with Crippen LogP contribution in [0.2, 0.25) is 0 Å². The van der Waals surface area contributed by atoms with Crippen LogP contribution in [0.3, 0.4) is 0 Å². The van der Waals surface area contributed by atoms with Gasteiger partial charge in [-0.3, -0.25) is 0 Å². The molecule has 88 valence electrons. The Morgan fingerprint density at radius 2 is 1.67 bits per heavy atom. The van der Waals surface area contributed by atoms with E-state index in [1.807, 2.05) is 0 Å². The van der Waals surface area contributed by atoms with E-state index in [4.69, 9.17) is 5.73 Å². The molecule has 2 rings (SSSR count). The third-order valence-electron chi connectivity index (χ3n) is 4.90. The molecule has 15 heavy (non-hydrogen) atoms. The van der Waals surface area contributed by atoms with E-state index in [1.54, 1.807) is 0 Å². The first-order chi connectivity index (χ1) is 7.29. The molecule has 0 aliphatic heterocycles. The lowest BCUT2D eigenvalue weighted by atomic mass is 9.73. The van der Waals surface area contributed by atoms with E-state index in [9.17, 15) is 0 Å². The fourth-order valence-electron chi connectivity index (χ4n) is 3.33.